The third-order valence-electron chi connectivity index (χ3n) is 4.41. The van der Waals surface area contributed by atoms with Gasteiger partial charge in [0.15, 0.2) is 0 Å². The minimum Gasteiger partial charge on any atom is -0.391 e. The molecule has 2 aromatic carbocycles. The van der Waals surface area contributed by atoms with E-state index in [4.69, 9.17) is 4.84 Å². The van der Waals surface area contributed by atoms with E-state index >= 15 is 0 Å². The molecule has 1 saturated carbocycles. The van der Waals surface area contributed by atoms with Gasteiger partial charge in [0.2, 0.25) is 0 Å². The summed E-state index contributed by atoms with van der Waals surface area (Å²) in [6, 6.07) is 14.8. The van der Waals surface area contributed by atoms with Gasteiger partial charge in [0.25, 0.3) is 0 Å². The van der Waals surface area contributed by atoms with Crippen molar-refractivity contribution in [1.82, 2.24) is 0 Å². The van der Waals surface area contributed by atoms with Crippen LogP contribution in [0.25, 0.3) is 0 Å². The van der Waals surface area contributed by atoms with Crippen molar-refractivity contribution in [1.29, 1.82) is 0 Å². The lowest BCUT2D eigenvalue weighted by Gasteiger charge is -2.22. The summed E-state index contributed by atoms with van der Waals surface area (Å²) in [5, 5.41) is 4.03. The van der Waals surface area contributed by atoms with Crippen LogP contribution in [0, 0.1) is 5.82 Å². The SMILES string of the molecule is Fc1ccc(CON=Cc2cccc(C3CCCCC3)c2)cc1. The molecule has 0 N–H and O–H groups in total. The molecule has 0 aliphatic heterocycles. The molecule has 0 atom stereocenters. The van der Waals surface area contributed by atoms with E-state index in [1.54, 1.807) is 18.3 Å². The number of nitrogens with zero attached hydrogens (tertiary/aromatic N) is 1. The van der Waals surface area contributed by atoms with Gasteiger partial charge in [-0.2, -0.15) is 0 Å². The number of hydrogen-bond acceptors (Lipinski definition) is 2. The molecule has 1 aliphatic carbocycles. The second-order valence-electron chi connectivity index (χ2n) is 6.14. The molecule has 1 aliphatic rings. The molecule has 0 aromatic heterocycles. The first-order chi connectivity index (χ1) is 11.3. The van der Waals surface area contributed by atoms with Crippen molar-refractivity contribution >= 4 is 6.21 Å². The van der Waals surface area contributed by atoms with Gasteiger partial charge in [0.1, 0.15) is 12.4 Å². The number of oxime groups is 1. The Morgan fingerprint density at radius 3 is 2.61 bits per heavy atom. The standard InChI is InChI=1S/C20H22FNO/c21-20-11-9-16(10-12-20)15-23-22-14-17-5-4-8-19(13-17)18-6-2-1-3-7-18/h4-5,8-14,18H,1-3,6-7,15H2. The smallest absolute Gasteiger partial charge is 0.142 e. The molecule has 0 heterocycles. The quantitative estimate of drug-likeness (QED) is 0.533. The Kier molecular flexibility index (Phi) is 5.41. The Balaban J connectivity index is 1.55. The third kappa shape index (κ3) is 4.65. The summed E-state index contributed by atoms with van der Waals surface area (Å²) in [5.74, 6) is 0.453. The highest BCUT2D eigenvalue weighted by molar-refractivity contribution is 5.79. The Morgan fingerprint density at radius 1 is 1.04 bits per heavy atom. The first kappa shape index (κ1) is 15.7. The van der Waals surface area contributed by atoms with Crippen LogP contribution in [-0.4, -0.2) is 6.21 Å². The van der Waals surface area contributed by atoms with Crippen LogP contribution in [0.3, 0.4) is 0 Å². The highest BCUT2D eigenvalue weighted by Crippen LogP contribution is 2.32. The zero-order valence-electron chi connectivity index (χ0n) is 13.2. The molecule has 0 unspecified atom stereocenters. The van der Waals surface area contributed by atoms with Crippen molar-refractivity contribution in [2.75, 3.05) is 0 Å². The summed E-state index contributed by atoms with van der Waals surface area (Å²) in [6.45, 7) is 0.346. The van der Waals surface area contributed by atoms with Crippen molar-refractivity contribution in [3.63, 3.8) is 0 Å². The molecule has 3 heteroatoms. The van der Waals surface area contributed by atoms with Gasteiger partial charge in [-0.3, -0.25) is 0 Å². The first-order valence-electron chi connectivity index (χ1n) is 8.31. The van der Waals surface area contributed by atoms with E-state index in [0.29, 0.717) is 12.5 Å². The monoisotopic (exact) mass is 311 g/mol. The molecule has 1 fully saturated rings. The molecule has 0 radical (unpaired) electrons. The largest absolute Gasteiger partial charge is 0.391 e. The molecule has 120 valence electrons. The van der Waals surface area contributed by atoms with E-state index in [-0.39, 0.29) is 5.82 Å². The van der Waals surface area contributed by atoms with Gasteiger partial charge in [0.05, 0.1) is 6.21 Å². The molecule has 0 spiro atoms. The predicted molar refractivity (Wildman–Crippen MR) is 91.1 cm³/mol. The van der Waals surface area contributed by atoms with E-state index in [9.17, 15) is 4.39 Å². The Morgan fingerprint density at radius 2 is 1.83 bits per heavy atom. The van der Waals surface area contributed by atoms with E-state index in [0.717, 1.165) is 11.1 Å². The summed E-state index contributed by atoms with van der Waals surface area (Å²) in [6.07, 6.45) is 8.38. The van der Waals surface area contributed by atoms with Gasteiger partial charge in [-0.05, 0) is 53.6 Å². The van der Waals surface area contributed by atoms with Gasteiger partial charge >= 0.3 is 0 Å². The fraction of sp³-hybridized carbons (Fsp3) is 0.350. The Hall–Kier alpha value is -2.16. The minimum absolute atomic E-state index is 0.239. The number of rotatable bonds is 5. The van der Waals surface area contributed by atoms with Crippen LogP contribution in [0.1, 0.15) is 54.7 Å². The fourth-order valence-electron chi connectivity index (χ4n) is 3.12. The lowest BCUT2D eigenvalue weighted by atomic mass is 9.84. The van der Waals surface area contributed by atoms with Gasteiger partial charge in [0, 0.05) is 0 Å². The van der Waals surface area contributed by atoms with Crippen molar-refractivity contribution in [3.8, 4) is 0 Å². The van der Waals surface area contributed by atoms with Crippen LogP contribution in [0.2, 0.25) is 0 Å². The minimum atomic E-state index is -0.239. The molecule has 2 aromatic rings. The lowest BCUT2D eigenvalue weighted by molar-refractivity contribution is 0.132. The molecule has 0 bridgehead atoms. The van der Waals surface area contributed by atoms with Crippen LogP contribution in [0.4, 0.5) is 4.39 Å². The first-order valence-corrected chi connectivity index (χ1v) is 8.31. The van der Waals surface area contributed by atoms with Gasteiger partial charge < -0.3 is 4.84 Å². The maximum atomic E-state index is 12.8. The maximum absolute atomic E-state index is 12.8. The highest BCUT2D eigenvalue weighted by atomic mass is 19.1. The predicted octanol–water partition coefficient (Wildman–Crippen LogP) is 5.42. The van der Waals surface area contributed by atoms with Gasteiger partial charge in [-0.15, -0.1) is 0 Å². The molecule has 2 nitrogen and oxygen atoms in total. The Labute approximate surface area is 137 Å². The van der Waals surface area contributed by atoms with Crippen molar-refractivity contribution in [3.05, 3.63) is 71.0 Å². The molecule has 0 saturated heterocycles. The average Bonchev–Trinajstić information content (AvgIpc) is 2.61. The highest BCUT2D eigenvalue weighted by Gasteiger charge is 2.15. The summed E-state index contributed by atoms with van der Waals surface area (Å²) in [7, 11) is 0. The van der Waals surface area contributed by atoms with E-state index < -0.39 is 0 Å². The number of benzene rings is 2. The van der Waals surface area contributed by atoms with E-state index in [1.165, 1.54) is 49.8 Å². The second kappa shape index (κ2) is 7.91. The van der Waals surface area contributed by atoms with Crippen LogP contribution >= 0.6 is 0 Å². The molecular formula is C20H22FNO. The number of hydrogen-bond donors (Lipinski definition) is 0. The van der Waals surface area contributed by atoms with Crippen molar-refractivity contribution in [2.45, 2.75) is 44.6 Å². The molecule has 23 heavy (non-hydrogen) atoms. The number of halogens is 1. The average molecular weight is 311 g/mol. The van der Waals surface area contributed by atoms with Gasteiger partial charge in [-0.25, -0.2) is 4.39 Å². The van der Waals surface area contributed by atoms with Crippen molar-refractivity contribution < 1.29 is 9.23 Å². The molecule has 0 amide bonds. The summed E-state index contributed by atoms with van der Waals surface area (Å²) < 4.78 is 12.8. The van der Waals surface area contributed by atoms with E-state index in [2.05, 4.69) is 23.4 Å². The summed E-state index contributed by atoms with van der Waals surface area (Å²) in [4.78, 5) is 5.30. The maximum Gasteiger partial charge on any atom is 0.142 e. The van der Waals surface area contributed by atoms with Crippen LogP contribution in [0.5, 0.6) is 0 Å². The zero-order valence-corrected chi connectivity index (χ0v) is 13.2. The van der Waals surface area contributed by atoms with Crippen LogP contribution in [0.15, 0.2) is 53.7 Å². The third-order valence-corrected chi connectivity index (χ3v) is 4.41. The normalized spacial score (nSPS) is 15.9. The Bertz CT molecular complexity index is 645. The lowest BCUT2D eigenvalue weighted by Crippen LogP contribution is -2.04. The zero-order chi connectivity index (χ0) is 15.9. The summed E-state index contributed by atoms with van der Waals surface area (Å²) >= 11 is 0. The summed E-state index contributed by atoms with van der Waals surface area (Å²) in [5.41, 5.74) is 3.37. The molecular weight excluding hydrogens is 289 g/mol. The second-order valence-corrected chi connectivity index (χ2v) is 6.14. The van der Waals surface area contributed by atoms with Crippen LogP contribution in [-0.2, 0) is 11.4 Å². The van der Waals surface area contributed by atoms with Gasteiger partial charge in [-0.1, -0.05) is 54.8 Å². The molecule has 3 rings (SSSR count). The van der Waals surface area contributed by atoms with Crippen molar-refractivity contribution in [2.24, 2.45) is 5.16 Å². The van der Waals surface area contributed by atoms with Crippen LogP contribution < -0.4 is 0 Å². The fourth-order valence-corrected chi connectivity index (χ4v) is 3.12. The van der Waals surface area contributed by atoms with E-state index in [1.807, 2.05) is 6.07 Å². The topological polar surface area (TPSA) is 21.6 Å².